The van der Waals surface area contributed by atoms with Gasteiger partial charge in [0.25, 0.3) is 0 Å². The highest BCUT2D eigenvalue weighted by molar-refractivity contribution is 6.01. The number of rotatable bonds is 6. The van der Waals surface area contributed by atoms with E-state index in [2.05, 4.69) is 24.5 Å². The maximum absolute atomic E-state index is 12.3. The van der Waals surface area contributed by atoms with Crippen molar-refractivity contribution >= 4 is 29.0 Å². The summed E-state index contributed by atoms with van der Waals surface area (Å²) in [5, 5.41) is 5.66. The highest BCUT2D eigenvalue weighted by Crippen LogP contribution is 2.31. The van der Waals surface area contributed by atoms with Gasteiger partial charge in [-0.25, -0.2) is 4.79 Å². The lowest BCUT2D eigenvalue weighted by atomic mass is 9.99. The zero-order valence-corrected chi connectivity index (χ0v) is 16.6. The SMILES string of the molecule is COc1ccc(NC(=O)Nc2ccc3c(c2)CCC(=O)N3CCC(C)C)cc1. The molecule has 1 aliphatic rings. The molecule has 6 nitrogen and oxygen atoms in total. The minimum Gasteiger partial charge on any atom is -0.497 e. The second-order valence-corrected chi connectivity index (χ2v) is 7.38. The molecule has 0 aliphatic carbocycles. The molecular weight excluding hydrogens is 354 g/mol. The van der Waals surface area contributed by atoms with Crippen molar-refractivity contribution in [2.45, 2.75) is 33.1 Å². The fourth-order valence-corrected chi connectivity index (χ4v) is 3.24. The van der Waals surface area contributed by atoms with Crippen molar-refractivity contribution in [1.29, 1.82) is 0 Å². The van der Waals surface area contributed by atoms with Crippen LogP contribution in [0.2, 0.25) is 0 Å². The molecule has 3 amide bonds. The van der Waals surface area contributed by atoms with E-state index < -0.39 is 0 Å². The van der Waals surface area contributed by atoms with Crippen LogP contribution >= 0.6 is 0 Å². The van der Waals surface area contributed by atoms with Gasteiger partial charge in [-0.05, 0) is 66.8 Å². The largest absolute Gasteiger partial charge is 0.497 e. The van der Waals surface area contributed by atoms with Gasteiger partial charge in [0.05, 0.1) is 7.11 Å². The molecule has 0 saturated heterocycles. The molecule has 0 spiro atoms. The first-order chi connectivity index (χ1) is 13.5. The Morgan fingerprint density at radius 1 is 1.07 bits per heavy atom. The third-order valence-corrected chi connectivity index (χ3v) is 4.82. The van der Waals surface area contributed by atoms with Crippen LogP contribution in [0.3, 0.4) is 0 Å². The first-order valence-corrected chi connectivity index (χ1v) is 9.61. The number of fused-ring (bicyclic) bond motifs is 1. The number of nitrogens with one attached hydrogen (secondary N) is 2. The van der Waals surface area contributed by atoms with Crippen molar-refractivity contribution in [3.63, 3.8) is 0 Å². The molecule has 0 saturated carbocycles. The van der Waals surface area contributed by atoms with E-state index in [-0.39, 0.29) is 11.9 Å². The van der Waals surface area contributed by atoms with E-state index in [1.165, 1.54) is 0 Å². The van der Waals surface area contributed by atoms with Crippen molar-refractivity contribution in [3.8, 4) is 5.75 Å². The standard InChI is InChI=1S/C22H27N3O3/c1-15(2)12-13-25-20-10-7-18(14-16(20)4-11-21(25)26)24-22(27)23-17-5-8-19(28-3)9-6-17/h5-10,14-15H,4,11-13H2,1-3H3,(H2,23,24,27). The Hall–Kier alpha value is -3.02. The number of amides is 3. The van der Waals surface area contributed by atoms with Gasteiger partial charge in [-0.15, -0.1) is 0 Å². The molecule has 0 unspecified atom stereocenters. The number of carbonyl (C=O) groups excluding carboxylic acids is 2. The number of urea groups is 1. The van der Waals surface area contributed by atoms with Crippen LogP contribution in [0.25, 0.3) is 0 Å². The minimum atomic E-state index is -0.311. The maximum atomic E-state index is 12.3. The number of hydrogen-bond donors (Lipinski definition) is 2. The quantitative estimate of drug-likeness (QED) is 0.764. The van der Waals surface area contributed by atoms with E-state index in [0.717, 1.165) is 30.0 Å². The lowest BCUT2D eigenvalue weighted by molar-refractivity contribution is -0.118. The number of aryl methyl sites for hydroxylation is 1. The molecule has 28 heavy (non-hydrogen) atoms. The smallest absolute Gasteiger partial charge is 0.323 e. The molecule has 0 bridgehead atoms. The van der Waals surface area contributed by atoms with Gasteiger partial charge >= 0.3 is 6.03 Å². The first-order valence-electron chi connectivity index (χ1n) is 9.61. The fourth-order valence-electron chi connectivity index (χ4n) is 3.24. The molecule has 1 heterocycles. The number of ether oxygens (including phenoxy) is 1. The molecule has 1 aliphatic heterocycles. The number of nitrogens with zero attached hydrogens (tertiary/aromatic N) is 1. The summed E-state index contributed by atoms with van der Waals surface area (Å²) in [5.74, 6) is 1.45. The zero-order valence-electron chi connectivity index (χ0n) is 16.6. The molecule has 0 atom stereocenters. The van der Waals surface area contributed by atoms with E-state index in [0.29, 0.717) is 30.1 Å². The summed E-state index contributed by atoms with van der Waals surface area (Å²) in [6.07, 6.45) is 2.17. The lowest BCUT2D eigenvalue weighted by Crippen LogP contribution is -2.36. The van der Waals surface area contributed by atoms with Gasteiger partial charge in [-0.3, -0.25) is 4.79 Å². The summed E-state index contributed by atoms with van der Waals surface area (Å²) in [6.45, 7) is 5.04. The van der Waals surface area contributed by atoms with Crippen molar-refractivity contribution in [3.05, 3.63) is 48.0 Å². The van der Waals surface area contributed by atoms with E-state index >= 15 is 0 Å². The van der Waals surface area contributed by atoms with Gasteiger partial charge in [-0.2, -0.15) is 0 Å². The summed E-state index contributed by atoms with van der Waals surface area (Å²) in [5.41, 5.74) is 3.44. The minimum absolute atomic E-state index is 0.172. The van der Waals surface area contributed by atoms with Crippen molar-refractivity contribution in [1.82, 2.24) is 0 Å². The summed E-state index contributed by atoms with van der Waals surface area (Å²) >= 11 is 0. The highest BCUT2D eigenvalue weighted by Gasteiger charge is 2.24. The molecule has 6 heteroatoms. The monoisotopic (exact) mass is 381 g/mol. The molecular formula is C22H27N3O3. The fraction of sp³-hybridized carbons (Fsp3) is 0.364. The van der Waals surface area contributed by atoms with Gasteiger partial charge in [0.2, 0.25) is 5.91 Å². The number of anilines is 3. The highest BCUT2D eigenvalue weighted by atomic mass is 16.5. The molecule has 148 valence electrons. The average Bonchev–Trinajstić information content (AvgIpc) is 2.67. The van der Waals surface area contributed by atoms with Crippen molar-refractivity contribution in [2.75, 3.05) is 29.2 Å². The molecule has 3 rings (SSSR count). The van der Waals surface area contributed by atoms with Crippen molar-refractivity contribution < 1.29 is 14.3 Å². The van der Waals surface area contributed by atoms with Crippen LogP contribution in [0.1, 0.15) is 32.3 Å². The number of methoxy groups -OCH3 is 1. The predicted octanol–water partition coefficient (Wildman–Crippen LogP) is 4.66. The third-order valence-electron chi connectivity index (χ3n) is 4.82. The van der Waals surface area contributed by atoms with Crippen LogP contribution in [0.15, 0.2) is 42.5 Å². The van der Waals surface area contributed by atoms with Crippen LogP contribution in [0.4, 0.5) is 21.9 Å². The van der Waals surface area contributed by atoms with Gasteiger partial charge in [0.15, 0.2) is 0 Å². The molecule has 0 radical (unpaired) electrons. The summed E-state index contributed by atoms with van der Waals surface area (Å²) in [6, 6.07) is 12.6. The molecule has 2 aromatic carbocycles. The van der Waals surface area contributed by atoms with Gasteiger partial charge in [0, 0.05) is 30.0 Å². The third kappa shape index (κ3) is 4.82. The second-order valence-electron chi connectivity index (χ2n) is 7.38. The predicted molar refractivity (Wildman–Crippen MR) is 112 cm³/mol. The van der Waals surface area contributed by atoms with Crippen LogP contribution in [0.5, 0.6) is 5.75 Å². The molecule has 2 aromatic rings. The van der Waals surface area contributed by atoms with E-state index in [4.69, 9.17) is 4.74 Å². The van der Waals surface area contributed by atoms with Gasteiger partial charge < -0.3 is 20.3 Å². The van der Waals surface area contributed by atoms with Gasteiger partial charge in [0.1, 0.15) is 5.75 Å². The van der Waals surface area contributed by atoms with Crippen molar-refractivity contribution in [2.24, 2.45) is 5.92 Å². The Bertz CT molecular complexity index is 847. The Kier molecular flexibility index (Phi) is 6.19. The summed E-state index contributed by atoms with van der Waals surface area (Å²) in [4.78, 5) is 26.5. The normalized spacial score (nSPS) is 13.3. The molecule has 0 fully saturated rings. The van der Waals surface area contributed by atoms with Crippen LogP contribution < -0.4 is 20.3 Å². The van der Waals surface area contributed by atoms with E-state index in [1.54, 1.807) is 31.4 Å². The Morgan fingerprint density at radius 2 is 1.75 bits per heavy atom. The van der Waals surface area contributed by atoms with Gasteiger partial charge in [-0.1, -0.05) is 13.8 Å². The number of hydrogen-bond acceptors (Lipinski definition) is 3. The topological polar surface area (TPSA) is 70.7 Å². The Labute approximate surface area is 165 Å². The maximum Gasteiger partial charge on any atom is 0.323 e. The number of carbonyl (C=O) groups is 2. The second kappa shape index (κ2) is 8.78. The lowest BCUT2D eigenvalue weighted by Gasteiger charge is -2.30. The number of benzene rings is 2. The zero-order chi connectivity index (χ0) is 20.1. The van der Waals surface area contributed by atoms with E-state index in [1.807, 2.05) is 23.1 Å². The average molecular weight is 381 g/mol. The molecule has 2 N–H and O–H groups in total. The van der Waals surface area contributed by atoms with Crippen LogP contribution in [0, 0.1) is 5.92 Å². The first kappa shape index (κ1) is 19.7. The summed E-state index contributed by atoms with van der Waals surface area (Å²) < 4.78 is 5.11. The Morgan fingerprint density at radius 3 is 2.43 bits per heavy atom. The van der Waals surface area contributed by atoms with Crippen LogP contribution in [-0.4, -0.2) is 25.6 Å². The molecule has 0 aromatic heterocycles. The Balaban J connectivity index is 1.67. The summed E-state index contributed by atoms with van der Waals surface area (Å²) in [7, 11) is 1.60. The van der Waals surface area contributed by atoms with E-state index in [9.17, 15) is 9.59 Å². The van der Waals surface area contributed by atoms with Crippen LogP contribution in [-0.2, 0) is 11.2 Å².